The molecular formula is C34H34F2N2O7. The number of aromatic nitrogens is 1. The van der Waals surface area contributed by atoms with Crippen LogP contribution in [0.25, 0.3) is 22.3 Å². The van der Waals surface area contributed by atoms with Gasteiger partial charge < -0.3 is 25.0 Å². The summed E-state index contributed by atoms with van der Waals surface area (Å²) in [5.74, 6) is -3.13. The normalized spacial score (nSPS) is 12.6. The van der Waals surface area contributed by atoms with Crippen LogP contribution in [-0.4, -0.2) is 55.2 Å². The van der Waals surface area contributed by atoms with Crippen molar-refractivity contribution in [1.82, 2.24) is 4.57 Å². The third-order valence-electron chi connectivity index (χ3n) is 7.37. The zero-order chi connectivity index (χ0) is 32.8. The molecule has 2 amide bonds. The molecule has 0 saturated carbocycles. The highest BCUT2D eigenvalue weighted by atomic mass is 19.1. The number of hydrogen-bond donors (Lipinski definition) is 4. The van der Waals surface area contributed by atoms with Crippen LogP contribution in [0.5, 0.6) is 0 Å². The summed E-state index contributed by atoms with van der Waals surface area (Å²) in [6, 6.07) is 18.3. The van der Waals surface area contributed by atoms with Crippen LogP contribution >= 0.6 is 0 Å². The van der Waals surface area contributed by atoms with Crippen molar-refractivity contribution in [2.24, 2.45) is 0 Å². The van der Waals surface area contributed by atoms with E-state index in [1.165, 1.54) is 60.7 Å². The van der Waals surface area contributed by atoms with E-state index >= 15 is 0 Å². The highest BCUT2D eigenvalue weighted by Crippen LogP contribution is 2.43. The van der Waals surface area contributed by atoms with Gasteiger partial charge in [0.25, 0.3) is 5.91 Å². The van der Waals surface area contributed by atoms with Crippen LogP contribution in [0.2, 0.25) is 0 Å². The number of carboxylic acids is 1. The van der Waals surface area contributed by atoms with Gasteiger partial charge in [-0.15, -0.1) is 0 Å². The topological polar surface area (TPSA) is 140 Å². The second-order valence-corrected chi connectivity index (χ2v) is 11.0. The lowest BCUT2D eigenvalue weighted by atomic mass is 9.92. The fraction of sp³-hybridized carbons (Fsp3) is 0.265. The van der Waals surface area contributed by atoms with Crippen LogP contribution in [0.3, 0.4) is 0 Å². The Bertz CT molecular complexity index is 1650. The fourth-order valence-electron chi connectivity index (χ4n) is 5.51. The van der Waals surface area contributed by atoms with Gasteiger partial charge >= 0.3 is 12.1 Å². The predicted octanol–water partition coefficient (Wildman–Crippen LogP) is 6.53. The summed E-state index contributed by atoms with van der Waals surface area (Å²) in [6.07, 6.45) is -4.54. The number of carbonyl (C=O) groups is 3. The van der Waals surface area contributed by atoms with Gasteiger partial charge in [-0.3, -0.25) is 9.59 Å². The van der Waals surface area contributed by atoms with E-state index in [0.29, 0.717) is 27.3 Å². The molecule has 2 atom stereocenters. The first-order chi connectivity index (χ1) is 21.4. The molecule has 1 heterocycles. The van der Waals surface area contributed by atoms with E-state index < -0.39 is 54.3 Å². The number of halogens is 2. The molecule has 236 valence electrons. The Kier molecular flexibility index (Phi) is 10.5. The van der Waals surface area contributed by atoms with Crippen molar-refractivity contribution in [1.29, 1.82) is 0 Å². The van der Waals surface area contributed by atoms with Crippen LogP contribution in [0.1, 0.15) is 55.3 Å². The van der Waals surface area contributed by atoms with E-state index in [9.17, 15) is 38.5 Å². The van der Waals surface area contributed by atoms with Gasteiger partial charge in [0, 0.05) is 22.9 Å². The Balaban J connectivity index is 2.00. The average molecular weight is 621 g/mol. The number of aliphatic hydroxyl groups excluding tert-OH is 2. The molecule has 0 aliphatic rings. The summed E-state index contributed by atoms with van der Waals surface area (Å²) in [7, 11) is 0. The van der Waals surface area contributed by atoms with Crippen LogP contribution in [0, 0.1) is 11.6 Å². The van der Waals surface area contributed by atoms with Gasteiger partial charge in [0.2, 0.25) is 0 Å². The van der Waals surface area contributed by atoms with E-state index in [1.807, 2.05) is 0 Å². The Hall–Kier alpha value is -4.87. The van der Waals surface area contributed by atoms with Crippen molar-refractivity contribution in [2.45, 2.75) is 57.8 Å². The standard InChI is InChI=1S/C34H34F2N2O7/c1-20(2)37-28(17-16-26(39)18-27(40)19-29(41)42)30(21-8-12-23(35)13-9-21)31(22-10-14-24(36)15-11-22)32(37)33(43)38(34(44)45)25-6-4-3-5-7-25/h3-15,20,26-27,39-40H,16-19H2,1-2H3,(H,41,42)(H,44,45). The van der Waals surface area contributed by atoms with Crippen LogP contribution in [0.15, 0.2) is 78.9 Å². The number of benzene rings is 3. The molecule has 0 saturated heterocycles. The molecular weight excluding hydrogens is 586 g/mol. The number of para-hydroxylation sites is 1. The minimum Gasteiger partial charge on any atom is -0.481 e. The van der Waals surface area contributed by atoms with Gasteiger partial charge in [-0.1, -0.05) is 42.5 Å². The minimum absolute atomic E-state index is 0.0161. The average Bonchev–Trinajstić information content (AvgIpc) is 3.32. The maximum atomic E-state index is 14.5. The van der Waals surface area contributed by atoms with E-state index in [-0.39, 0.29) is 36.2 Å². The number of anilines is 1. The summed E-state index contributed by atoms with van der Waals surface area (Å²) in [5.41, 5.74) is 2.22. The molecule has 1 aromatic heterocycles. The molecule has 4 rings (SSSR count). The van der Waals surface area contributed by atoms with E-state index in [4.69, 9.17) is 5.11 Å². The number of imide groups is 1. The Labute approximate surface area is 258 Å². The largest absolute Gasteiger partial charge is 0.481 e. The number of nitrogens with zero attached hydrogens (tertiary/aromatic N) is 2. The monoisotopic (exact) mass is 620 g/mol. The van der Waals surface area contributed by atoms with Crippen molar-refractivity contribution < 1.29 is 43.6 Å². The molecule has 0 radical (unpaired) electrons. The van der Waals surface area contributed by atoms with Crippen molar-refractivity contribution in [2.75, 3.05) is 4.90 Å². The van der Waals surface area contributed by atoms with Gasteiger partial charge in [-0.25, -0.2) is 18.5 Å². The summed E-state index contributed by atoms with van der Waals surface area (Å²) < 4.78 is 29.9. The number of rotatable bonds is 12. The molecule has 0 spiro atoms. The van der Waals surface area contributed by atoms with Crippen molar-refractivity contribution >= 4 is 23.7 Å². The first-order valence-electron chi connectivity index (χ1n) is 14.4. The lowest BCUT2D eigenvalue weighted by Crippen LogP contribution is -2.37. The predicted molar refractivity (Wildman–Crippen MR) is 164 cm³/mol. The first-order valence-corrected chi connectivity index (χ1v) is 14.4. The smallest absolute Gasteiger partial charge is 0.419 e. The zero-order valence-corrected chi connectivity index (χ0v) is 24.7. The third kappa shape index (κ3) is 7.62. The van der Waals surface area contributed by atoms with Gasteiger partial charge in [-0.2, -0.15) is 0 Å². The van der Waals surface area contributed by atoms with E-state index in [2.05, 4.69) is 0 Å². The Morgan fingerprint density at radius 1 is 0.778 bits per heavy atom. The first kappa shape index (κ1) is 33.0. The lowest BCUT2D eigenvalue weighted by Gasteiger charge is -2.23. The number of carboxylic acid groups (broad SMARTS) is 2. The van der Waals surface area contributed by atoms with E-state index in [1.54, 1.807) is 36.6 Å². The molecule has 0 bridgehead atoms. The maximum Gasteiger partial charge on any atom is 0.419 e. The van der Waals surface area contributed by atoms with Gasteiger partial charge in [0.1, 0.15) is 17.3 Å². The SMILES string of the molecule is CC(C)n1c(CCC(O)CC(O)CC(=O)O)c(-c2ccc(F)cc2)c(-c2ccc(F)cc2)c1C(=O)N(C(=O)O)c1ccccc1. The fourth-order valence-corrected chi connectivity index (χ4v) is 5.51. The van der Waals surface area contributed by atoms with Gasteiger partial charge in [0.15, 0.2) is 0 Å². The zero-order valence-electron chi connectivity index (χ0n) is 24.7. The number of carbonyl (C=O) groups excluding carboxylic acids is 1. The van der Waals surface area contributed by atoms with Gasteiger partial charge in [0.05, 0.1) is 24.3 Å². The molecule has 2 unspecified atom stereocenters. The van der Waals surface area contributed by atoms with Crippen LogP contribution in [-0.2, 0) is 11.2 Å². The lowest BCUT2D eigenvalue weighted by molar-refractivity contribution is -0.139. The van der Waals surface area contributed by atoms with Crippen LogP contribution < -0.4 is 4.90 Å². The van der Waals surface area contributed by atoms with E-state index in [0.717, 1.165) is 0 Å². The van der Waals surface area contributed by atoms with Crippen molar-refractivity contribution in [3.05, 3.63) is 102 Å². The summed E-state index contributed by atoms with van der Waals surface area (Å²) >= 11 is 0. The quantitative estimate of drug-likeness (QED) is 0.141. The summed E-state index contributed by atoms with van der Waals surface area (Å²) in [5, 5.41) is 40.1. The molecule has 0 aliphatic carbocycles. The minimum atomic E-state index is -1.53. The maximum absolute atomic E-state index is 14.5. The molecule has 11 heteroatoms. The van der Waals surface area contributed by atoms with Crippen LogP contribution in [0.4, 0.5) is 19.3 Å². The summed E-state index contributed by atoms with van der Waals surface area (Å²) in [4.78, 5) is 38.7. The Morgan fingerprint density at radius 2 is 1.31 bits per heavy atom. The molecule has 0 aliphatic heterocycles. The molecule has 3 aromatic carbocycles. The highest BCUT2D eigenvalue weighted by Gasteiger charge is 2.35. The second-order valence-electron chi connectivity index (χ2n) is 11.0. The highest BCUT2D eigenvalue weighted by molar-refractivity contribution is 6.21. The molecule has 45 heavy (non-hydrogen) atoms. The second kappa shape index (κ2) is 14.3. The van der Waals surface area contributed by atoms with Gasteiger partial charge in [-0.05, 0) is 80.6 Å². The molecule has 4 N–H and O–H groups in total. The molecule has 4 aromatic rings. The molecule has 0 fully saturated rings. The number of hydrogen-bond acceptors (Lipinski definition) is 5. The number of aliphatic hydroxyl groups is 2. The van der Waals surface area contributed by atoms with Crippen molar-refractivity contribution in [3.63, 3.8) is 0 Å². The summed E-state index contributed by atoms with van der Waals surface area (Å²) in [6.45, 7) is 3.59. The Morgan fingerprint density at radius 3 is 1.80 bits per heavy atom. The third-order valence-corrected chi connectivity index (χ3v) is 7.37. The number of aliphatic carboxylic acids is 1. The van der Waals surface area contributed by atoms with Crippen molar-refractivity contribution in [3.8, 4) is 22.3 Å². The number of amides is 2. The molecule has 9 nitrogen and oxygen atoms in total.